The highest BCUT2D eigenvalue weighted by Crippen LogP contribution is 2.25. The molecule has 1 N–H and O–H groups in total. The van der Waals surface area contributed by atoms with Gasteiger partial charge in [0, 0.05) is 16.6 Å². The molecule has 1 aromatic heterocycles. The van der Waals surface area contributed by atoms with Crippen LogP contribution in [0.1, 0.15) is 11.3 Å². The lowest BCUT2D eigenvalue weighted by Gasteiger charge is -2.06. The molecule has 0 spiro atoms. The summed E-state index contributed by atoms with van der Waals surface area (Å²) in [5, 5.41) is 8.14. The number of carbonyl (C=O) groups excluding carboxylic acids is 1. The van der Waals surface area contributed by atoms with E-state index in [1.807, 2.05) is 53.9 Å². The van der Waals surface area contributed by atoms with E-state index in [-0.39, 0.29) is 12.3 Å². The number of anilines is 1. The van der Waals surface area contributed by atoms with Gasteiger partial charge in [0.15, 0.2) is 0 Å². The molecule has 0 saturated carbocycles. The molecule has 1 amide bonds. The number of hydrogen-bond acceptors (Lipinski definition) is 3. The molecule has 0 saturated heterocycles. The predicted molar refractivity (Wildman–Crippen MR) is 109 cm³/mol. The molecule has 4 heteroatoms. The van der Waals surface area contributed by atoms with Crippen LogP contribution in [0.25, 0.3) is 21.3 Å². The second kappa shape index (κ2) is 7.10. The summed E-state index contributed by atoms with van der Waals surface area (Å²) in [5.74, 6) is -0.0543. The van der Waals surface area contributed by atoms with Crippen LogP contribution in [0.2, 0.25) is 0 Å². The van der Waals surface area contributed by atoms with Crippen LogP contribution >= 0.6 is 11.3 Å². The highest BCUT2D eigenvalue weighted by molar-refractivity contribution is 7.13. The number of aromatic nitrogens is 1. The zero-order valence-corrected chi connectivity index (χ0v) is 15.2. The first-order valence-corrected chi connectivity index (χ1v) is 9.35. The largest absolute Gasteiger partial charge is 0.326 e. The van der Waals surface area contributed by atoms with E-state index < -0.39 is 0 Å². The summed E-state index contributed by atoms with van der Waals surface area (Å²) in [7, 11) is 0. The molecule has 0 fully saturated rings. The molecule has 0 aliphatic heterocycles. The van der Waals surface area contributed by atoms with Crippen LogP contribution in [0, 0.1) is 6.92 Å². The predicted octanol–water partition coefficient (Wildman–Crippen LogP) is 5.45. The topological polar surface area (TPSA) is 42.0 Å². The van der Waals surface area contributed by atoms with Crippen molar-refractivity contribution in [1.29, 1.82) is 0 Å². The number of hydrogen-bond donors (Lipinski definition) is 1. The van der Waals surface area contributed by atoms with Crippen LogP contribution in [-0.4, -0.2) is 10.9 Å². The smallest absolute Gasteiger partial charge is 0.230 e. The fourth-order valence-corrected chi connectivity index (χ4v) is 3.75. The van der Waals surface area contributed by atoms with E-state index in [1.165, 1.54) is 5.56 Å². The van der Waals surface area contributed by atoms with Gasteiger partial charge in [-0.3, -0.25) is 4.79 Å². The lowest BCUT2D eigenvalue weighted by atomic mass is 10.1. The Kier molecular flexibility index (Phi) is 4.50. The molecule has 3 aromatic carbocycles. The van der Waals surface area contributed by atoms with E-state index in [1.54, 1.807) is 11.3 Å². The molecule has 0 radical (unpaired) electrons. The average Bonchev–Trinajstić information content (AvgIpc) is 3.10. The summed E-state index contributed by atoms with van der Waals surface area (Å²) in [4.78, 5) is 17.0. The van der Waals surface area contributed by atoms with Gasteiger partial charge in [-0.05, 0) is 35.9 Å². The first kappa shape index (κ1) is 16.5. The molecule has 0 aliphatic rings. The minimum atomic E-state index is -0.0543. The molecule has 0 aliphatic carbocycles. The number of fused-ring (bicyclic) bond motifs is 1. The number of nitrogens with one attached hydrogen (secondary N) is 1. The van der Waals surface area contributed by atoms with Crippen LogP contribution in [0.5, 0.6) is 0 Å². The standard InChI is InChI=1S/C22H18N2OS/c1-15-5-4-8-18(11-15)22-24-20(14-26-22)13-21(25)23-19-10-9-16-6-2-3-7-17(16)12-19/h2-12,14H,13H2,1H3,(H,23,25). The van der Waals surface area contributed by atoms with Gasteiger partial charge in [-0.2, -0.15) is 0 Å². The zero-order chi connectivity index (χ0) is 17.9. The third kappa shape index (κ3) is 3.65. The maximum atomic E-state index is 12.4. The van der Waals surface area contributed by atoms with Gasteiger partial charge < -0.3 is 5.32 Å². The van der Waals surface area contributed by atoms with Gasteiger partial charge in [0.2, 0.25) is 5.91 Å². The Hall–Kier alpha value is -2.98. The summed E-state index contributed by atoms with van der Waals surface area (Å²) in [6.07, 6.45) is 0.273. The lowest BCUT2D eigenvalue weighted by molar-refractivity contribution is -0.115. The van der Waals surface area contributed by atoms with Crippen LogP contribution < -0.4 is 5.32 Å². The van der Waals surface area contributed by atoms with Gasteiger partial charge in [0.05, 0.1) is 12.1 Å². The third-order valence-electron chi connectivity index (χ3n) is 4.19. The van der Waals surface area contributed by atoms with E-state index in [0.717, 1.165) is 32.7 Å². The Bertz CT molecular complexity index is 1080. The van der Waals surface area contributed by atoms with Crippen LogP contribution in [0.3, 0.4) is 0 Å². The maximum Gasteiger partial charge on any atom is 0.230 e. The normalized spacial score (nSPS) is 10.8. The highest BCUT2D eigenvalue weighted by atomic mass is 32.1. The van der Waals surface area contributed by atoms with Crippen molar-refractivity contribution in [2.45, 2.75) is 13.3 Å². The molecule has 1 heterocycles. The van der Waals surface area contributed by atoms with Crippen LogP contribution in [-0.2, 0) is 11.2 Å². The van der Waals surface area contributed by atoms with Crippen molar-refractivity contribution < 1.29 is 4.79 Å². The van der Waals surface area contributed by atoms with Gasteiger partial charge >= 0.3 is 0 Å². The molecular weight excluding hydrogens is 340 g/mol. The highest BCUT2D eigenvalue weighted by Gasteiger charge is 2.10. The van der Waals surface area contributed by atoms with Gasteiger partial charge in [-0.1, -0.05) is 54.1 Å². The Balaban J connectivity index is 1.46. The second-order valence-electron chi connectivity index (χ2n) is 6.30. The van der Waals surface area contributed by atoms with E-state index in [9.17, 15) is 4.79 Å². The molecule has 0 atom stereocenters. The van der Waals surface area contributed by atoms with E-state index in [4.69, 9.17) is 0 Å². The molecule has 3 nitrogen and oxygen atoms in total. The summed E-state index contributed by atoms with van der Waals surface area (Å²) in [5.41, 5.74) is 3.90. The molecule has 128 valence electrons. The Morgan fingerprint density at radius 3 is 2.69 bits per heavy atom. The lowest BCUT2D eigenvalue weighted by Crippen LogP contribution is -2.14. The quantitative estimate of drug-likeness (QED) is 0.527. The zero-order valence-electron chi connectivity index (χ0n) is 14.4. The molecular formula is C22H18N2OS. The van der Waals surface area contributed by atoms with Crippen molar-refractivity contribution in [2.75, 3.05) is 5.32 Å². The molecule has 4 rings (SSSR count). The van der Waals surface area contributed by atoms with Crippen LogP contribution in [0.4, 0.5) is 5.69 Å². The Morgan fingerprint density at radius 2 is 1.85 bits per heavy atom. The summed E-state index contributed by atoms with van der Waals surface area (Å²) in [6.45, 7) is 2.06. The first-order chi connectivity index (χ1) is 12.7. The number of carbonyl (C=O) groups is 1. The molecule has 4 aromatic rings. The molecule has 0 bridgehead atoms. The van der Waals surface area contributed by atoms with Gasteiger partial charge in [-0.25, -0.2) is 4.98 Å². The van der Waals surface area contributed by atoms with E-state index >= 15 is 0 Å². The fourth-order valence-electron chi connectivity index (χ4n) is 2.94. The van der Waals surface area contributed by atoms with Crippen molar-refractivity contribution >= 4 is 33.7 Å². The Morgan fingerprint density at radius 1 is 1.00 bits per heavy atom. The SMILES string of the molecule is Cc1cccc(-c2nc(CC(=O)Nc3ccc4ccccc4c3)cs2)c1. The fraction of sp³-hybridized carbons (Fsp3) is 0.0909. The van der Waals surface area contributed by atoms with Crippen molar-refractivity contribution in [1.82, 2.24) is 4.98 Å². The second-order valence-corrected chi connectivity index (χ2v) is 7.16. The summed E-state index contributed by atoms with van der Waals surface area (Å²) >= 11 is 1.57. The van der Waals surface area contributed by atoms with Gasteiger partial charge in [0.25, 0.3) is 0 Å². The average molecular weight is 358 g/mol. The van der Waals surface area contributed by atoms with Crippen molar-refractivity contribution in [3.63, 3.8) is 0 Å². The number of benzene rings is 3. The monoisotopic (exact) mass is 358 g/mol. The minimum absolute atomic E-state index is 0.0543. The molecule has 0 unspecified atom stereocenters. The van der Waals surface area contributed by atoms with Gasteiger partial charge in [-0.15, -0.1) is 11.3 Å². The number of thiazole rings is 1. The van der Waals surface area contributed by atoms with Crippen molar-refractivity contribution in [3.05, 3.63) is 83.4 Å². The number of aryl methyl sites for hydroxylation is 1. The number of nitrogens with zero attached hydrogens (tertiary/aromatic N) is 1. The minimum Gasteiger partial charge on any atom is -0.326 e. The van der Waals surface area contributed by atoms with E-state index in [0.29, 0.717) is 0 Å². The molecule has 26 heavy (non-hydrogen) atoms. The first-order valence-electron chi connectivity index (χ1n) is 8.47. The maximum absolute atomic E-state index is 12.4. The van der Waals surface area contributed by atoms with Crippen molar-refractivity contribution in [2.24, 2.45) is 0 Å². The number of amides is 1. The third-order valence-corrected chi connectivity index (χ3v) is 5.13. The number of rotatable bonds is 4. The Labute approximate surface area is 156 Å². The van der Waals surface area contributed by atoms with Crippen molar-refractivity contribution in [3.8, 4) is 10.6 Å². The van der Waals surface area contributed by atoms with Gasteiger partial charge in [0.1, 0.15) is 5.01 Å². The summed E-state index contributed by atoms with van der Waals surface area (Å²) in [6, 6.07) is 22.3. The summed E-state index contributed by atoms with van der Waals surface area (Å²) < 4.78 is 0. The van der Waals surface area contributed by atoms with Crippen LogP contribution in [0.15, 0.2) is 72.1 Å². The van der Waals surface area contributed by atoms with E-state index in [2.05, 4.69) is 35.4 Å².